The summed E-state index contributed by atoms with van der Waals surface area (Å²) in [5.74, 6) is -0.186. The molecule has 2 rings (SSSR count). The summed E-state index contributed by atoms with van der Waals surface area (Å²) in [5.41, 5.74) is 1.24. The molecule has 2 aromatic carbocycles. The van der Waals surface area contributed by atoms with Crippen LogP contribution in [0.2, 0.25) is 0 Å². The normalized spacial score (nSPS) is 10.2. The molecule has 0 saturated heterocycles. The molecule has 0 aliphatic heterocycles. The van der Waals surface area contributed by atoms with Crippen LogP contribution in [0.5, 0.6) is 5.75 Å². The number of ether oxygens (including phenoxy) is 1. The number of benzene rings is 2. The van der Waals surface area contributed by atoms with Crippen molar-refractivity contribution in [2.75, 3.05) is 11.9 Å². The van der Waals surface area contributed by atoms with E-state index in [2.05, 4.69) is 5.32 Å². The smallest absolute Gasteiger partial charge is 0.272 e. The highest BCUT2D eigenvalue weighted by atomic mass is 16.6. The van der Waals surface area contributed by atoms with Gasteiger partial charge in [0.1, 0.15) is 5.75 Å². The van der Waals surface area contributed by atoms with Gasteiger partial charge in [-0.15, -0.1) is 0 Å². The lowest BCUT2D eigenvalue weighted by Gasteiger charge is -2.10. The molecule has 25 heavy (non-hydrogen) atoms. The van der Waals surface area contributed by atoms with Crippen molar-refractivity contribution < 1.29 is 19.4 Å². The van der Waals surface area contributed by atoms with Crippen molar-refractivity contribution >= 4 is 23.0 Å². The fourth-order valence-electron chi connectivity index (χ4n) is 2.12. The molecule has 0 heterocycles. The van der Waals surface area contributed by atoms with Crippen LogP contribution < -0.4 is 10.1 Å². The molecule has 0 radical (unpaired) electrons. The molecule has 0 bridgehead atoms. The second kappa shape index (κ2) is 7.39. The van der Waals surface area contributed by atoms with E-state index in [9.17, 15) is 25.0 Å². The van der Waals surface area contributed by atoms with E-state index < -0.39 is 15.8 Å². The highest BCUT2D eigenvalue weighted by molar-refractivity contribution is 5.93. The van der Waals surface area contributed by atoms with Gasteiger partial charge in [-0.25, -0.2) is 0 Å². The molecule has 1 amide bonds. The van der Waals surface area contributed by atoms with Crippen LogP contribution in [-0.4, -0.2) is 22.4 Å². The number of nitrogens with one attached hydrogen (secondary N) is 1. The van der Waals surface area contributed by atoms with E-state index in [4.69, 9.17) is 4.74 Å². The third-order valence-electron chi connectivity index (χ3n) is 3.44. The van der Waals surface area contributed by atoms with E-state index in [0.717, 1.165) is 0 Å². The van der Waals surface area contributed by atoms with Crippen LogP contribution in [0.15, 0.2) is 36.4 Å². The Bertz CT molecular complexity index is 850. The second-order valence-electron chi connectivity index (χ2n) is 5.30. The number of nitro groups is 2. The summed E-state index contributed by atoms with van der Waals surface area (Å²) in [4.78, 5) is 32.5. The molecule has 9 heteroatoms. The van der Waals surface area contributed by atoms with Crippen LogP contribution in [0.25, 0.3) is 0 Å². The molecule has 0 aliphatic carbocycles. The van der Waals surface area contributed by atoms with Crippen LogP contribution in [0.1, 0.15) is 11.1 Å². The molecule has 0 fully saturated rings. The molecular weight excluding hydrogens is 330 g/mol. The Morgan fingerprint density at radius 1 is 1.04 bits per heavy atom. The molecule has 0 aromatic heterocycles. The van der Waals surface area contributed by atoms with E-state index in [-0.39, 0.29) is 18.0 Å². The first-order chi connectivity index (χ1) is 11.8. The van der Waals surface area contributed by atoms with Crippen molar-refractivity contribution in [2.24, 2.45) is 0 Å². The Morgan fingerprint density at radius 2 is 1.76 bits per heavy atom. The zero-order valence-corrected chi connectivity index (χ0v) is 13.5. The Morgan fingerprint density at radius 3 is 2.36 bits per heavy atom. The number of non-ortho nitro benzene ring substituents is 1. The van der Waals surface area contributed by atoms with Crippen LogP contribution in [0, 0.1) is 34.1 Å². The van der Waals surface area contributed by atoms with Crippen molar-refractivity contribution in [1.82, 2.24) is 0 Å². The van der Waals surface area contributed by atoms with Gasteiger partial charge in [-0.3, -0.25) is 25.0 Å². The molecule has 1 N–H and O–H groups in total. The predicted molar refractivity (Wildman–Crippen MR) is 89.8 cm³/mol. The van der Waals surface area contributed by atoms with E-state index in [0.29, 0.717) is 22.6 Å². The topological polar surface area (TPSA) is 125 Å². The first-order valence-electron chi connectivity index (χ1n) is 7.20. The minimum atomic E-state index is -0.550. The van der Waals surface area contributed by atoms with Crippen molar-refractivity contribution in [2.45, 2.75) is 13.8 Å². The van der Waals surface area contributed by atoms with E-state index >= 15 is 0 Å². The number of anilines is 1. The van der Waals surface area contributed by atoms with Crippen molar-refractivity contribution in [3.63, 3.8) is 0 Å². The maximum atomic E-state index is 12.0. The van der Waals surface area contributed by atoms with E-state index in [1.54, 1.807) is 13.8 Å². The largest absolute Gasteiger partial charge is 0.484 e. The molecule has 9 nitrogen and oxygen atoms in total. The van der Waals surface area contributed by atoms with Gasteiger partial charge in [0.25, 0.3) is 17.3 Å². The number of amides is 1. The summed E-state index contributed by atoms with van der Waals surface area (Å²) in [5, 5.41) is 24.1. The molecule has 2 aromatic rings. The number of hydrogen-bond acceptors (Lipinski definition) is 6. The lowest BCUT2D eigenvalue weighted by molar-refractivity contribution is -0.385. The lowest BCUT2D eigenvalue weighted by atomic mass is 10.2. The standard InChI is InChI=1S/C16H15N3O6/c1-10-3-4-12(18(21)22)8-14(10)17-16(20)9-25-13-5-6-15(19(23)24)11(2)7-13/h3-8H,9H2,1-2H3,(H,17,20). The minimum absolute atomic E-state index is 0.0379. The first kappa shape index (κ1) is 17.9. The zero-order chi connectivity index (χ0) is 18.6. The molecule has 0 saturated carbocycles. The second-order valence-corrected chi connectivity index (χ2v) is 5.30. The summed E-state index contributed by atoms with van der Waals surface area (Å²) in [6, 6.07) is 8.31. The highest BCUT2D eigenvalue weighted by Gasteiger charge is 2.13. The number of nitrogens with zero attached hydrogens (tertiary/aromatic N) is 2. The summed E-state index contributed by atoms with van der Waals surface area (Å²) >= 11 is 0. The third-order valence-corrected chi connectivity index (χ3v) is 3.44. The summed E-state index contributed by atoms with van der Waals surface area (Å²) < 4.78 is 5.30. The fraction of sp³-hybridized carbons (Fsp3) is 0.188. The van der Waals surface area contributed by atoms with Crippen LogP contribution in [-0.2, 0) is 4.79 Å². The Balaban J connectivity index is 2.02. The summed E-state index contributed by atoms with van der Waals surface area (Å²) in [6.45, 7) is 2.94. The molecule has 0 aliphatic rings. The maximum absolute atomic E-state index is 12.0. The van der Waals surface area contributed by atoms with Crippen LogP contribution in [0.3, 0.4) is 0 Å². The maximum Gasteiger partial charge on any atom is 0.272 e. The molecular formula is C16H15N3O6. The van der Waals surface area contributed by atoms with Crippen LogP contribution >= 0.6 is 0 Å². The number of carbonyl (C=O) groups is 1. The monoisotopic (exact) mass is 345 g/mol. The molecule has 0 unspecified atom stereocenters. The van der Waals surface area contributed by atoms with Gasteiger partial charge in [-0.1, -0.05) is 6.07 Å². The lowest BCUT2D eigenvalue weighted by Crippen LogP contribution is -2.20. The van der Waals surface area contributed by atoms with Crippen molar-refractivity contribution in [3.8, 4) is 5.75 Å². The summed E-state index contributed by atoms with van der Waals surface area (Å²) in [7, 11) is 0. The van der Waals surface area contributed by atoms with E-state index in [1.807, 2.05) is 0 Å². The Kier molecular flexibility index (Phi) is 5.28. The van der Waals surface area contributed by atoms with Gasteiger partial charge in [0, 0.05) is 23.8 Å². The fourth-order valence-corrected chi connectivity index (χ4v) is 2.12. The quantitative estimate of drug-likeness (QED) is 0.633. The van der Waals surface area contributed by atoms with Gasteiger partial charge in [-0.2, -0.15) is 0 Å². The number of rotatable bonds is 6. The number of aryl methyl sites for hydroxylation is 2. The highest BCUT2D eigenvalue weighted by Crippen LogP contribution is 2.24. The van der Waals surface area contributed by atoms with Gasteiger partial charge in [0.15, 0.2) is 6.61 Å². The predicted octanol–water partition coefficient (Wildman–Crippen LogP) is 3.14. The number of hydrogen-bond donors (Lipinski definition) is 1. The van der Waals surface area contributed by atoms with Crippen LogP contribution in [0.4, 0.5) is 17.1 Å². The average molecular weight is 345 g/mol. The summed E-state index contributed by atoms with van der Waals surface area (Å²) in [6.07, 6.45) is 0. The molecule has 0 spiro atoms. The number of nitro benzene ring substituents is 2. The molecule has 0 atom stereocenters. The number of carbonyl (C=O) groups excluding carboxylic acids is 1. The molecule has 130 valence electrons. The van der Waals surface area contributed by atoms with Crippen molar-refractivity contribution in [3.05, 3.63) is 67.8 Å². The van der Waals surface area contributed by atoms with E-state index in [1.165, 1.54) is 36.4 Å². The Labute approximate surface area is 142 Å². The van der Waals surface area contributed by atoms with Gasteiger partial charge < -0.3 is 10.1 Å². The van der Waals surface area contributed by atoms with Gasteiger partial charge in [-0.05, 0) is 31.5 Å². The Hall–Kier alpha value is -3.49. The van der Waals surface area contributed by atoms with Gasteiger partial charge in [0.05, 0.1) is 15.5 Å². The third kappa shape index (κ3) is 4.50. The average Bonchev–Trinajstić information content (AvgIpc) is 2.54. The van der Waals surface area contributed by atoms with Gasteiger partial charge in [0.2, 0.25) is 0 Å². The zero-order valence-electron chi connectivity index (χ0n) is 13.5. The van der Waals surface area contributed by atoms with Gasteiger partial charge >= 0.3 is 0 Å². The SMILES string of the molecule is Cc1ccc([N+](=O)[O-])cc1NC(=O)COc1ccc([N+](=O)[O-])c(C)c1. The minimum Gasteiger partial charge on any atom is -0.484 e. The first-order valence-corrected chi connectivity index (χ1v) is 7.20. The van der Waals surface area contributed by atoms with Crippen molar-refractivity contribution in [1.29, 1.82) is 0 Å².